The maximum absolute atomic E-state index is 12.1. The number of esters is 1. The molecule has 9 nitrogen and oxygen atoms in total. The summed E-state index contributed by atoms with van der Waals surface area (Å²) in [5, 5.41) is 4.63. The number of carbonyl (C=O) groups is 3. The minimum absolute atomic E-state index is 0.257. The summed E-state index contributed by atoms with van der Waals surface area (Å²) >= 11 is 0. The molecule has 0 saturated heterocycles. The minimum atomic E-state index is -0.764. The lowest BCUT2D eigenvalue weighted by atomic mass is 10.2. The minimum Gasteiger partial charge on any atom is -0.490 e. The largest absolute Gasteiger partial charge is 0.490 e. The number of nitrogens with zero attached hydrogens (tertiary/aromatic N) is 1. The van der Waals surface area contributed by atoms with Crippen LogP contribution in [0.1, 0.15) is 37.0 Å². The van der Waals surface area contributed by atoms with Crippen LogP contribution in [0.5, 0.6) is 11.5 Å². The Morgan fingerprint density at radius 2 is 1.60 bits per heavy atom. The van der Waals surface area contributed by atoms with Crippen molar-refractivity contribution in [1.82, 2.24) is 10.3 Å². The highest BCUT2D eigenvalue weighted by Gasteiger charge is 2.14. The third-order valence-electron chi connectivity index (χ3n) is 3.63. The lowest BCUT2D eigenvalue weighted by Gasteiger charge is -2.14. The van der Waals surface area contributed by atoms with Gasteiger partial charge in [-0.2, -0.15) is 0 Å². The molecule has 0 spiro atoms. The average molecular weight is 415 g/mol. The van der Waals surface area contributed by atoms with Gasteiger partial charge >= 0.3 is 12.0 Å². The van der Waals surface area contributed by atoms with Crippen LogP contribution in [0, 0.1) is 0 Å². The maximum atomic E-state index is 12.1. The van der Waals surface area contributed by atoms with Gasteiger partial charge in [0, 0.05) is 24.1 Å². The van der Waals surface area contributed by atoms with Gasteiger partial charge in [-0.3, -0.25) is 15.1 Å². The summed E-state index contributed by atoms with van der Waals surface area (Å²) in [5.41, 5.74) is 0.677. The number of hydrogen-bond donors (Lipinski definition) is 2. The number of ether oxygens (including phenoxy) is 3. The second-order valence-electron chi connectivity index (χ2n) is 6.17. The highest BCUT2D eigenvalue weighted by Crippen LogP contribution is 2.30. The quantitative estimate of drug-likeness (QED) is 0.573. The molecule has 0 saturated carbocycles. The Morgan fingerprint density at radius 3 is 2.27 bits per heavy atom. The molecule has 0 atom stereocenters. The molecule has 30 heavy (non-hydrogen) atoms. The summed E-state index contributed by atoms with van der Waals surface area (Å²) in [4.78, 5) is 39.5. The number of pyridine rings is 1. The van der Waals surface area contributed by atoms with E-state index in [4.69, 9.17) is 14.2 Å². The number of benzene rings is 1. The van der Waals surface area contributed by atoms with Crippen molar-refractivity contribution >= 4 is 23.6 Å². The lowest BCUT2D eigenvalue weighted by Crippen LogP contribution is -2.37. The number of urea groups is 1. The summed E-state index contributed by atoms with van der Waals surface area (Å²) in [6.45, 7) is 4.43. The summed E-state index contributed by atoms with van der Waals surface area (Å²) in [5.74, 6) is -0.371. The first-order valence-electron chi connectivity index (χ1n) is 9.61. The molecular formula is C21H25N3O6. The second kappa shape index (κ2) is 12.1. The molecule has 0 aliphatic heterocycles. The van der Waals surface area contributed by atoms with Gasteiger partial charge < -0.3 is 19.5 Å². The standard InChI is InChI=1S/C21H25N3O6/c1-3-11-28-17-6-5-16(13-18(17)29-12-4-2)23-21(27)24-19(25)14-30-20(26)15-7-9-22-10-8-15/h5-10,13H,3-4,11-12,14H2,1-2H3,(H2,23,24,25,27). The Morgan fingerprint density at radius 1 is 0.933 bits per heavy atom. The number of nitrogens with one attached hydrogen (secondary N) is 2. The first kappa shape index (κ1) is 22.7. The highest BCUT2D eigenvalue weighted by molar-refractivity contribution is 6.02. The van der Waals surface area contributed by atoms with Crippen LogP contribution in [0.4, 0.5) is 10.5 Å². The van der Waals surface area contributed by atoms with Crippen LogP contribution in [-0.2, 0) is 9.53 Å². The summed E-state index contributed by atoms with van der Waals surface area (Å²) < 4.78 is 16.2. The summed E-state index contributed by atoms with van der Waals surface area (Å²) in [6, 6.07) is 7.10. The SMILES string of the molecule is CCCOc1ccc(NC(=O)NC(=O)COC(=O)c2ccncc2)cc1OCCC. The van der Waals surface area contributed by atoms with Crippen LogP contribution in [0.25, 0.3) is 0 Å². The van der Waals surface area contributed by atoms with E-state index >= 15 is 0 Å². The molecule has 2 rings (SSSR count). The summed E-state index contributed by atoms with van der Waals surface area (Å²) in [6.07, 6.45) is 4.53. The van der Waals surface area contributed by atoms with Crippen molar-refractivity contribution in [2.75, 3.05) is 25.1 Å². The van der Waals surface area contributed by atoms with E-state index < -0.39 is 24.5 Å². The molecule has 0 radical (unpaired) electrons. The maximum Gasteiger partial charge on any atom is 0.338 e. The number of amides is 3. The number of rotatable bonds is 10. The Hall–Kier alpha value is -3.62. The molecule has 0 aliphatic carbocycles. The molecule has 9 heteroatoms. The van der Waals surface area contributed by atoms with Crippen LogP contribution in [-0.4, -0.2) is 42.7 Å². The van der Waals surface area contributed by atoms with Gasteiger partial charge in [-0.25, -0.2) is 9.59 Å². The van der Waals surface area contributed by atoms with E-state index in [1.165, 1.54) is 24.5 Å². The molecule has 2 N–H and O–H groups in total. The number of anilines is 1. The van der Waals surface area contributed by atoms with Crippen molar-refractivity contribution in [1.29, 1.82) is 0 Å². The monoisotopic (exact) mass is 415 g/mol. The van der Waals surface area contributed by atoms with E-state index in [0.717, 1.165) is 12.8 Å². The predicted octanol–water partition coefficient (Wildman–Crippen LogP) is 3.16. The van der Waals surface area contributed by atoms with E-state index in [0.29, 0.717) is 30.4 Å². The van der Waals surface area contributed by atoms with Crippen molar-refractivity contribution in [2.45, 2.75) is 26.7 Å². The fraction of sp³-hybridized carbons (Fsp3) is 0.333. The molecule has 2 aromatic rings. The molecule has 0 aliphatic rings. The van der Waals surface area contributed by atoms with Gasteiger partial charge in [-0.15, -0.1) is 0 Å². The number of imide groups is 1. The first-order valence-corrected chi connectivity index (χ1v) is 9.61. The lowest BCUT2D eigenvalue weighted by molar-refractivity contribution is -0.123. The molecule has 1 heterocycles. The Labute approximate surface area is 174 Å². The molecule has 1 aromatic carbocycles. The smallest absolute Gasteiger partial charge is 0.338 e. The molecule has 0 unspecified atom stereocenters. The van der Waals surface area contributed by atoms with Crippen molar-refractivity contribution in [3.63, 3.8) is 0 Å². The molecular weight excluding hydrogens is 390 g/mol. The third-order valence-corrected chi connectivity index (χ3v) is 3.63. The van der Waals surface area contributed by atoms with Crippen LogP contribution >= 0.6 is 0 Å². The van der Waals surface area contributed by atoms with Gasteiger partial charge in [0.15, 0.2) is 18.1 Å². The highest BCUT2D eigenvalue weighted by atomic mass is 16.5. The van der Waals surface area contributed by atoms with Crippen LogP contribution < -0.4 is 20.1 Å². The van der Waals surface area contributed by atoms with Gasteiger partial charge in [0.25, 0.3) is 5.91 Å². The molecule has 3 amide bonds. The second-order valence-corrected chi connectivity index (χ2v) is 6.17. The Kier molecular flexibility index (Phi) is 9.11. The van der Waals surface area contributed by atoms with Crippen molar-refractivity contribution < 1.29 is 28.6 Å². The average Bonchev–Trinajstić information content (AvgIpc) is 2.75. The molecule has 0 fully saturated rings. The topological polar surface area (TPSA) is 116 Å². The van der Waals surface area contributed by atoms with E-state index in [1.54, 1.807) is 18.2 Å². The van der Waals surface area contributed by atoms with E-state index in [-0.39, 0.29) is 5.56 Å². The van der Waals surface area contributed by atoms with Gasteiger partial charge in [0.2, 0.25) is 0 Å². The summed E-state index contributed by atoms with van der Waals surface area (Å²) in [7, 11) is 0. The number of hydrogen-bond acceptors (Lipinski definition) is 7. The van der Waals surface area contributed by atoms with Gasteiger partial charge in [-0.05, 0) is 37.1 Å². The zero-order valence-corrected chi connectivity index (χ0v) is 17.0. The van der Waals surface area contributed by atoms with Gasteiger partial charge in [0.1, 0.15) is 0 Å². The molecule has 1 aromatic heterocycles. The molecule has 160 valence electrons. The van der Waals surface area contributed by atoms with Crippen LogP contribution in [0.3, 0.4) is 0 Å². The number of carbonyl (C=O) groups excluding carboxylic acids is 3. The van der Waals surface area contributed by atoms with Gasteiger partial charge in [-0.1, -0.05) is 13.8 Å². The Bertz CT molecular complexity index is 857. The number of aromatic nitrogens is 1. The fourth-order valence-electron chi connectivity index (χ4n) is 2.27. The van der Waals surface area contributed by atoms with Crippen LogP contribution in [0.15, 0.2) is 42.7 Å². The normalized spacial score (nSPS) is 10.1. The zero-order valence-electron chi connectivity index (χ0n) is 17.0. The predicted molar refractivity (Wildman–Crippen MR) is 110 cm³/mol. The van der Waals surface area contributed by atoms with E-state index in [9.17, 15) is 14.4 Å². The first-order chi connectivity index (χ1) is 14.5. The zero-order chi connectivity index (χ0) is 21.8. The van der Waals surface area contributed by atoms with Crippen molar-refractivity contribution in [3.05, 3.63) is 48.3 Å². The van der Waals surface area contributed by atoms with E-state index in [1.807, 2.05) is 13.8 Å². The molecule has 0 bridgehead atoms. The Balaban J connectivity index is 1.88. The van der Waals surface area contributed by atoms with Crippen molar-refractivity contribution in [2.24, 2.45) is 0 Å². The van der Waals surface area contributed by atoms with Gasteiger partial charge in [0.05, 0.1) is 18.8 Å². The third kappa shape index (κ3) is 7.42. The van der Waals surface area contributed by atoms with E-state index in [2.05, 4.69) is 15.6 Å². The fourth-order valence-corrected chi connectivity index (χ4v) is 2.27. The van der Waals surface area contributed by atoms with Crippen LogP contribution in [0.2, 0.25) is 0 Å². The van der Waals surface area contributed by atoms with Crippen molar-refractivity contribution in [3.8, 4) is 11.5 Å².